The Labute approximate surface area is 171 Å². The summed E-state index contributed by atoms with van der Waals surface area (Å²) in [6, 6.07) is 6.82. The van der Waals surface area contributed by atoms with Crippen molar-refractivity contribution in [1.82, 2.24) is 15.2 Å². The lowest BCUT2D eigenvalue weighted by molar-refractivity contribution is 0.629. The fourth-order valence-corrected chi connectivity index (χ4v) is 2.06. The Bertz CT molecular complexity index is 1350. The maximum atomic E-state index is 12.9. The lowest BCUT2D eigenvalue weighted by atomic mass is 10.1. The molecule has 3 aromatic rings. The van der Waals surface area contributed by atoms with Crippen LogP contribution >= 0.6 is 0 Å². The number of aromatic amines is 2. The summed E-state index contributed by atoms with van der Waals surface area (Å²) in [6.07, 6.45) is 5.41. The van der Waals surface area contributed by atoms with Crippen molar-refractivity contribution >= 4 is 10.9 Å². The van der Waals surface area contributed by atoms with Gasteiger partial charge in [0.25, 0.3) is 0 Å². The average molecular weight is 398 g/mol. The molecule has 0 radical (unpaired) electrons. The molecular weight excluding hydrogens is 386 g/mol. The van der Waals surface area contributed by atoms with Crippen molar-refractivity contribution in [3.05, 3.63) is 53.0 Å². The summed E-state index contributed by atoms with van der Waals surface area (Å²) >= 11 is 0. The fourth-order valence-electron chi connectivity index (χ4n) is 2.06. The molecule has 0 spiro atoms. The summed E-state index contributed by atoms with van der Waals surface area (Å²) < 4.78 is 12.9. The van der Waals surface area contributed by atoms with Crippen molar-refractivity contribution < 1.29 is 9.09 Å². The third-order valence-electron chi connectivity index (χ3n) is 3.17. The zero-order valence-electron chi connectivity index (χ0n) is 15.5. The third kappa shape index (κ3) is 7.28. The average Bonchev–Trinajstić information content (AvgIpc) is 3.39. The van der Waals surface area contributed by atoms with Gasteiger partial charge in [0.05, 0.1) is 6.20 Å². The first-order chi connectivity index (χ1) is 14.3. The summed E-state index contributed by atoms with van der Waals surface area (Å²) in [4.78, 5) is 5.45. The van der Waals surface area contributed by atoms with Crippen molar-refractivity contribution in [1.29, 1.82) is 0 Å². The first-order valence-electron chi connectivity index (χ1n) is 7.98. The van der Waals surface area contributed by atoms with Gasteiger partial charge in [0.2, 0.25) is 0 Å². The van der Waals surface area contributed by atoms with E-state index in [0.717, 1.165) is 22.0 Å². The van der Waals surface area contributed by atoms with Gasteiger partial charge in [0.1, 0.15) is 5.82 Å². The highest BCUT2D eigenvalue weighted by Gasteiger charge is 2.06. The minimum atomic E-state index is -0.233. The van der Waals surface area contributed by atoms with E-state index < -0.39 is 0 Å². The smallest absolute Gasteiger partial charge is 0.125 e. The number of rotatable bonds is 1. The van der Waals surface area contributed by atoms with E-state index in [1.807, 2.05) is 12.4 Å². The second-order valence-electron chi connectivity index (χ2n) is 4.93. The van der Waals surface area contributed by atoms with Crippen LogP contribution in [0.25, 0.3) is 32.5 Å². The maximum absolute atomic E-state index is 12.9. The number of hydrogen-bond donors (Lipinski definition) is 2. The molecule has 0 saturated carbocycles. The standard InChI is InChI=1S/C11H8FN3.C11H3N3.FH/c12-8-1-2-9-10(6-13-11(9)3-8)7-4-14-15-5-7;1-2-3-4-5-6-7-8-9-10-11-13-14-12;/h1-6,13H,(H,14,15);1H3;1H. The summed E-state index contributed by atoms with van der Waals surface area (Å²) in [7, 11) is 0. The van der Waals surface area contributed by atoms with E-state index in [1.165, 1.54) is 12.1 Å². The van der Waals surface area contributed by atoms with Crippen molar-refractivity contribution in [2.75, 3.05) is 0 Å². The Morgan fingerprint density at radius 3 is 2.37 bits per heavy atom. The molecule has 30 heavy (non-hydrogen) atoms. The molecule has 1 aromatic carbocycles. The first kappa shape index (κ1) is 23.0. The van der Waals surface area contributed by atoms with Crippen molar-refractivity contribution in [2.45, 2.75) is 6.92 Å². The maximum Gasteiger partial charge on any atom is 0.125 e. The SMILES string of the molecule is CC#CC#CC#CC#CC#CN=[N+]=[N-].F.Fc1ccc2c(-c3cn[nH]c3)c[nH]c2c1. The Balaban J connectivity index is 0.000000292. The fraction of sp³-hybridized carbons (Fsp3) is 0.0455. The van der Waals surface area contributed by atoms with Gasteiger partial charge in [-0.3, -0.25) is 9.80 Å². The van der Waals surface area contributed by atoms with E-state index in [9.17, 15) is 4.39 Å². The number of fused-ring (bicyclic) bond motifs is 1. The van der Waals surface area contributed by atoms with Gasteiger partial charge >= 0.3 is 0 Å². The van der Waals surface area contributed by atoms with Crippen LogP contribution < -0.4 is 0 Å². The molecule has 2 aromatic heterocycles. The predicted molar refractivity (Wildman–Crippen MR) is 112 cm³/mol. The van der Waals surface area contributed by atoms with E-state index in [2.05, 4.69) is 84.5 Å². The van der Waals surface area contributed by atoms with Crippen LogP contribution in [0.1, 0.15) is 6.92 Å². The Hall–Kier alpha value is -5.06. The normalized spacial score (nSPS) is 7.40. The lowest BCUT2D eigenvalue weighted by Crippen LogP contribution is -1.74. The number of H-pyrrole nitrogens is 2. The molecule has 0 fully saturated rings. The molecule has 6 nitrogen and oxygen atoms in total. The summed E-state index contributed by atoms with van der Waals surface area (Å²) in [5.41, 5.74) is 10.7. The summed E-state index contributed by atoms with van der Waals surface area (Å²) in [5.74, 6) is 21.8. The molecular formula is C22H12F2N6. The minimum Gasteiger partial charge on any atom is -0.360 e. The largest absolute Gasteiger partial charge is 0.360 e. The Morgan fingerprint density at radius 2 is 1.73 bits per heavy atom. The van der Waals surface area contributed by atoms with Crippen LogP contribution in [0.5, 0.6) is 0 Å². The minimum absolute atomic E-state index is 0. The molecule has 0 amide bonds. The highest BCUT2D eigenvalue weighted by Crippen LogP contribution is 2.27. The predicted octanol–water partition coefficient (Wildman–Crippen LogP) is 4.14. The van der Waals surface area contributed by atoms with E-state index >= 15 is 0 Å². The second-order valence-corrected chi connectivity index (χ2v) is 4.93. The van der Waals surface area contributed by atoms with Crippen molar-refractivity contribution in [2.24, 2.45) is 5.11 Å². The van der Waals surface area contributed by atoms with E-state index in [0.29, 0.717) is 0 Å². The number of nitrogens with one attached hydrogen (secondary N) is 2. The van der Waals surface area contributed by atoms with Crippen LogP contribution in [0.4, 0.5) is 9.09 Å². The molecule has 0 aliphatic rings. The van der Waals surface area contributed by atoms with Gasteiger partial charge in [-0.2, -0.15) is 5.10 Å². The van der Waals surface area contributed by atoms with Crippen LogP contribution in [0.3, 0.4) is 0 Å². The van der Waals surface area contributed by atoms with Crippen LogP contribution in [-0.4, -0.2) is 15.2 Å². The molecule has 3 rings (SSSR count). The molecule has 0 saturated heterocycles. The molecule has 0 unspecified atom stereocenters. The van der Waals surface area contributed by atoms with Crippen molar-refractivity contribution in [3.63, 3.8) is 0 Å². The van der Waals surface area contributed by atoms with Crippen LogP contribution in [0, 0.1) is 65.1 Å². The number of nitrogens with zero attached hydrogens (tertiary/aromatic N) is 4. The van der Waals surface area contributed by atoms with Gasteiger partial charge in [-0.1, -0.05) is 5.92 Å². The van der Waals surface area contributed by atoms with Gasteiger partial charge in [-0.25, -0.2) is 4.39 Å². The lowest BCUT2D eigenvalue weighted by Gasteiger charge is -1.94. The molecule has 0 aliphatic heterocycles. The Kier molecular flexibility index (Phi) is 10.1. The number of halogens is 2. The highest BCUT2D eigenvalue weighted by atomic mass is 19.1. The molecule has 0 bridgehead atoms. The summed E-state index contributed by atoms with van der Waals surface area (Å²) in [5, 5.41) is 10.6. The molecule has 0 aliphatic carbocycles. The monoisotopic (exact) mass is 398 g/mol. The first-order valence-corrected chi connectivity index (χ1v) is 7.98. The molecule has 8 heteroatoms. The van der Waals surface area contributed by atoms with Crippen LogP contribution in [-0.2, 0) is 0 Å². The zero-order valence-corrected chi connectivity index (χ0v) is 15.5. The van der Waals surface area contributed by atoms with E-state index in [4.69, 9.17) is 5.53 Å². The van der Waals surface area contributed by atoms with Gasteiger partial charge in [-0.15, -0.1) is 0 Å². The van der Waals surface area contributed by atoms with Gasteiger partial charge in [0.15, 0.2) is 0 Å². The molecule has 144 valence electrons. The highest BCUT2D eigenvalue weighted by molar-refractivity contribution is 5.95. The quantitative estimate of drug-likeness (QED) is 0.274. The zero-order chi connectivity index (χ0) is 20.7. The number of azide groups is 1. The van der Waals surface area contributed by atoms with Crippen molar-refractivity contribution in [3.8, 4) is 70.5 Å². The molecule has 0 atom stereocenters. The van der Waals surface area contributed by atoms with E-state index in [1.54, 1.807) is 19.2 Å². The van der Waals surface area contributed by atoms with Gasteiger partial charge in [0, 0.05) is 45.4 Å². The number of benzene rings is 1. The topological polar surface area (TPSA) is 93.2 Å². The second kappa shape index (κ2) is 13.2. The summed E-state index contributed by atoms with van der Waals surface area (Å²) in [6.45, 7) is 1.69. The van der Waals surface area contributed by atoms with Crippen LogP contribution in [0.15, 0.2) is 41.9 Å². The molecule has 2 heterocycles. The third-order valence-corrected chi connectivity index (χ3v) is 3.17. The van der Waals surface area contributed by atoms with Gasteiger partial charge in [-0.05, 0) is 83.1 Å². The van der Waals surface area contributed by atoms with Crippen LogP contribution in [0.2, 0.25) is 0 Å². The molecule has 2 N–H and O–H groups in total. The van der Waals surface area contributed by atoms with E-state index in [-0.39, 0.29) is 10.5 Å². The van der Waals surface area contributed by atoms with Gasteiger partial charge < -0.3 is 4.98 Å². The number of aromatic nitrogens is 3. The Morgan fingerprint density at radius 1 is 1.03 bits per heavy atom. The number of hydrogen-bond acceptors (Lipinski definition) is 2.